The van der Waals surface area contributed by atoms with Gasteiger partial charge < -0.3 is 0 Å². The Kier molecular flexibility index (Phi) is 5.17. The molecular formula is C13H13BrClNO. The number of Topliss-reactive ketones (excluding diaryl/α,β-unsaturated/α-hetero) is 1. The zero-order chi connectivity index (χ0) is 13.0. The molecule has 1 aromatic rings. The van der Waals surface area contributed by atoms with Crippen molar-refractivity contribution in [2.75, 3.05) is 0 Å². The number of halogens is 2. The van der Waals surface area contributed by atoms with Gasteiger partial charge in [0.25, 0.3) is 0 Å². The van der Waals surface area contributed by atoms with Gasteiger partial charge >= 0.3 is 0 Å². The molecule has 4 heteroatoms. The molecule has 1 aromatic carbocycles. The second-order valence-corrected chi connectivity index (χ2v) is 5.57. The fourth-order valence-electron chi connectivity index (χ4n) is 1.54. The Morgan fingerprint density at radius 1 is 1.53 bits per heavy atom. The zero-order valence-electron chi connectivity index (χ0n) is 9.71. The SMILES string of the molecule is CC(C)CC(C#N)C(=O)c1ccc(Br)c(Cl)c1. The highest BCUT2D eigenvalue weighted by molar-refractivity contribution is 9.10. The van der Waals surface area contributed by atoms with Crippen LogP contribution in [0.15, 0.2) is 22.7 Å². The van der Waals surface area contributed by atoms with Crippen LogP contribution in [0.4, 0.5) is 0 Å². The van der Waals surface area contributed by atoms with E-state index in [-0.39, 0.29) is 5.78 Å². The lowest BCUT2D eigenvalue weighted by molar-refractivity contribution is 0.0937. The molecule has 0 N–H and O–H groups in total. The van der Waals surface area contributed by atoms with Gasteiger partial charge in [-0.15, -0.1) is 0 Å². The molecule has 1 rings (SSSR count). The van der Waals surface area contributed by atoms with E-state index in [1.807, 2.05) is 13.8 Å². The lowest BCUT2D eigenvalue weighted by Crippen LogP contribution is -2.15. The van der Waals surface area contributed by atoms with Crippen LogP contribution in [0, 0.1) is 23.2 Å². The van der Waals surface area contributed by atoms with Crippen LogP contribution in [-0.2, 0) is 0 Å². The Bertz CT molecular complexity index is 465. The number of benzene rings is 1. The number of rotatable bonds is 4. The maximum Gasteiger partial charge on any atom is 0.180 e. The van der Waals surface area contributed by atoms with Crippen LogP contribution in [0.2, 0.25) is 5.02 Å². The first-order valence-electron chi connectivity index (χ1n) is 5.34. The number of hydrogen-bond donors (Lipinski definition) is 0. The fourth-order valence-corrected chi connectivity index (χ4v) is 1.97. The van der Waals surface area contributed by atoms with E-state index in [1.54, 1.807) is 18.2 Å². The minimum absolute atomic E-state index is 0.157. The summed E-state index contributed by atoms with van der Waals surface area (Å²) in [7, 11) is 0. The van der Waals surface area contributed by atoms with Gasteiger partial charge in [0, 0.05) is 10.0 Å². The number of nitrogens with zero attached hydrogens (tertiary/aromatic N) is 1. The Hall–Kier alpha value is -0.850. The Labute approximate surface area is 115 Å². The summed E-state index contributed by atoms with van der Waals surface area (Å²) in [6.45, 7) is 3.98. The van der Waals surface area contributed by atoms with Crippen LogP contribution in [0.25, 0.3) is 0 Å². The summed E-state index contributed by atoms with van der Waals surface area (Å²) < 4.78 is 0.744. The second kappa shape index (κ2) is 6.18. The van der Waals surface area contributed by atoms with Crippen LogP contribution in [0.1, 0.15) is 30.6 Å². The molecule has 1 unspecified atom stereocenters. The van der Waals surface area contributed by atoms with E-state index >= 15 is 0 Å². The van der Waals surface area contributed by atoms with Crippen molar-refractivity contribution < 1.29 is 4.79 Å². The van der Waals surface area contributed by atoms with Crippen molar-refractivity contribution in [1.29, 1.82) is 5.26 Å². The van der Waals surface area contributed by atoms with E-state index in [2.05, 4.69) is 22.0 Å². The predicted octanol–water partition coefficient (Wildman–Crippen LogP) is 4.47. The fraction of sp³-hybridized carbons (Fsp3) is 0.385. The van der Waals surface area contributed by atoms with Crippen LogP contribution in [-0.4, -0.2) is 5.78 Å². The molecule has 0 saturated carbocycles. The van der Waals surface area contributed by atoms with Crippen molar-refractivity contribution in [3.05, 3.63) is 33.3 Å². The van der Waals surface area contributed by atoms with Gasteiger partial charge in [0.1, 0.15) is 5.92 Å². The van der Waals surface area contributed by atoms with Crippen LogP contribution < -0.4 is 0 Å². The molecule has 90 valence electrons. The maximum absolute atomic E-state index is 12.1. The quantitative estimate of drug-likeness (QED) is 0.769. The van der Waals surface area contributed by atoms with E-state index in [1.165, 1.54) is 0 Å². The standard InChI is InChI=1S/C13H13BrClNO/c1-8(2)5-10(7-16)13(17)9-3-4-11(14)12(15)6-9/h3-4,6,8,10H,5H2,1-2H3. The number of carbonyl (C=O) groups excluding carboxylic acids is 1. The topological polar surface area (TPSA) is 40.9 Å². The van der Waals surface area contributed by atoms with Crippen molar-refractivity contribution >= 4 is 33.3 Å². The zero-order valence-corrected chi connectivity index (χ0v) is 12.0. The lowest BCUT2D eigenvalue weighted by atomic mass is 9.91. The third-order valence-corrected chi connectivity index (χ3v) is 3.62. The first-order valence-corrected chi connectivity index (χ1v) is 6.51. The van der Waals surface area contributed by atoms with Gasteiger partial charge in [-0.2, -0.15) is 5.26 Å². The molecule has 0 amide bonds. The summed E-state index contributed by atoms with van der Waals surface area (Å²) in [5.74, 6) is -0.433. The number of nitriles is 1. The highest BCUT2D eigenvalue weighted by Gasteiger charge is 2.21. The largest absolute Gasteiger partial charge is 0.293 e. The van der Waals surface area contributed by atoms with E-state index in [9.17, 15) is 4.79 Å². The Morgan fingerprint density at radius 3 is 2.65 bits per heavy atom. The first-order chi connectivity index (χ1) is 7.95. The van der Waals surface area contributed by atoms with E-state index in [0.29, 0.717) is 22.9 Å². The molecular weight excluding hydrogens is 302 g/mol. The highest BCUT2D eigenvalue weighted by Crippen LogP contribution is 2.25. The molecule has 0 fully saturated rings. The molecule has 0 spiro atoms. The van der Waals surface area contributed by atoms with Crippen LogP contribution in [0.3, 0.4) is 0 Å². The van der Waals surface area contributed by atoms with Crippen LogP contribution >= 0.6 is 27.5 Å². The van der Waals surface area contributed by atoms with Crippen molar-refractivity contribution in [2.24, 2.45) is 11.8 Å². The smallest absolute Gasteiger partial charge is 0.180 e. The van der Waals surface area contributed by atoms with Gasteiger partial charge in [0.05, 0.1) is 11.1 Å². The summed E-state index contributed by atoms with van der Waals surface area (Å²) >= 11 is 9.19. The van der Waals surface area contributed by atoms with Gasteiger partial charge in [-0.3, -0.25) is 4.79 Å². The highest BCUT2D eigenvalue weighted by atomic mass is 79.9. The predicted molar refractivity (Wildman–Crippen MR) is 72.0 cm³/mol. The van der Waals surface area contributed by atoms with E-state index < -0.39 is 5.92 Å². The Balaban J connectivity index is 2.95. The van der Waals surface area contributed by atoms with Gasteiger partial charge in [-0.1, -0.05) is 31.5 Å². The second-order valence-electron chi connectivity index (χ2n) is 4.30. The van der Waals surface area contributed by atoms with Gasteiger partial charge in [0.2, 0.25) is 0 Å². The molecule has 0 heterocycles. The number of hydrogen-bond acceptors (Lipinski definition) is 2. The average Bonchev–Trinajstić information content (AvgIpc) is 2.28. The van der Waals surface area contributed by atoms with E-state index in [4.69, 9.17) is 16.9 Å². The van der Waals surface area contributed by atoms with Crippen molar-refractivity contribution in [3.8, 4) is 6.07 Å². The minimum Gasteiger partial charge on any atom is -0.293 e. The molecule has 0 aromatic heterocycles. The van der Waals surface area contributed by atoms with E-state index in [0.717, 1.165) is 4.47 Å². The molecule has 0 bridgehead atoms. The summed E-state index contributed by atoms with van der Waals surface area (Å²) in [6.07, 6.45) is 0.572. The maximum atomic E-state index is 12.1. The monoisotopic (exact) mass is 313 g/mol. The van der Waals surface area contributed by atoms with Crippen molar-refractivity contribution in [2.45, 2.75) is 20.3 Å². The summed E-state index contributed by atoms with van der Waals surface area (Å²) in [4.78, 5) is 12.1. The molecule has 1 atom stereocenters. The third-order valence-electron chi connectivity index (χ3n) is 2.38. The lowest BCUT2D eigenvalue weighted by Gasteiger charge is -2.11. The molecule has 0 saturated heterocycles. The molecule has 0 aliphatic rings. The minimum atomic E-state index is -0.591. The first kappa shape index (κ1) is 14.2. The normalized spacial score (nSPS) is 12.2. The van der Waals surface area contributed by atoms with Crippen molar-refractivity contribution in [3.63, 3.8) is 0 Å². The van der Waals surface area contributed by atoms with Crippen LogP contribution in [0.5, 0.6) is 0 Å². The summed E-state index contributed by atoms with van der Waals surface area (Å²) in [6, 6.07) is 7.06. The van der Waals surface area contributed by atoms with Gasteiger partial charge in [-0.25, -0.2) is 0 Å². The van der Waals surface area contributed by atoms with Gasteiger partial charge in [-0.05, 0) is 40.4 Å². The number of carbonyl (C=O) groups is 1. The average molecular weight is 315 g/mol. The molecule has 2 nitrogen and oxygen atoms in total. The summed E-state index contributed by atoms with van der Waals surface area (Å²) in [5, 5.41) is 9.50. The Morgan fingerprint density at radius 2 is 2.18 bits per heavy atom. The van der Waals surface area contributed by atoms with Crippen molar-refractivity contribution in [1.82, 2.24) is 0 Å². The molecule has 0 aliphatic heterocycles. The molecule has 17 heavy (non-hydrogen) atoms. The molecule has 0 aliphatic carbocycles. The molecule has 0 radical (unpaired) electrons. The van der Waals surface area contributed by atoms with Gasteiger partial charge in [0.15, 0.2) is 5.78 Å². The third kappa shape index (κ3) is 3.83. The summed E-state index contributed by atoms with van der Waals surface area (Å²) in [5.41, 5.74) is 0.491. The number of ketones is 1.